The summed E-state index contributed by atoms with van der Waals surface area (Å²) in [6.07, 6.45) is 1.38. The molecule has 0 aliphatic carbocycles. The first kappa shape index (κ1) is 12.9. The Bertz CT molecular complexity index is 641. The second-order valence-electron chi connectivity index (χ2n) is 4.08. The highest BCUT2D eigenvalue weighted by atomic mass is 16.5. The summed E-state index contributed by atoms with van der Waals surface area (Å²) in [6, 6.07) is 8.16. The molecule has 19 heavy (non-hydrogen) atoms. The standard InChI is InChI=1S/C14H14N2O3/c1-9-7-11(4-5-12(9)19-2)16-14(18)10-3-6-13(17)15-8-10/h3-8H,1-2H3,(H,15,17)(H,16,18). The number of aromatic nitrogens is 1. The van der Waals surface area contributed by atoms with Crippen molar-refractivity contribution in [2.24, 2.45) is 0 Å². The summed E-state index contributed by atoms with van der Waals surface area (Å²) in [5.41, 5.74) is 1.76. The summed E-state index contributed by atoms with van der Waals surface area (Å²) in [4.78, 5) is 25.3. The SMILES string of the molecule is COc1ccc(NC(=O)c2ccc(=O)[nH]c2)cc1C. The molecule has 1 amide bonds. The third-order valence-electron chi connectivity index (χ3n) is 2.70. The van der Waals surface area contributed by atoms with E-state index in [0.717, 1.165) is 11.3 Å². The molecule has 5 heteroatoms. The van der Waals surface area contributed by atoms with Crippen molar-refractivity contribution < 1.29 is 9.53 Å². The molecule has 0 saturated heterocycles. The molecule has 0 fully saturated rings. The zero-order valence-corrected chi connectivity index (χ0v) is 10.7. The Morgan fingerprint density at radius 1 is 1.26 bits per heavy atom. The molecule has 0 unspecified atom stereocenters. The summed E-state index contributed by atoms with van der Waals surface area (Å²) in [6.45, 7) is 1.90. The van der Waals surface area contributed by atoms with Crippen LogP contribution < -0.4 is 15.6 Å². The van der Waals surface area contributed by atoms with Gasteiger partial charge in [0.2, 0.25) is 5.56 Å². The molecule has 0 atom stereocenters. The molecule has 0 saturated carbocycles. The monoisotopic (exact) mass is 258 g/mol. The first-order chi connectivity index (χ1) is 9.10. The number of pyridine rings is 1. The Balaban J connectivity index is 2.17. The van der Waals surface area contributed by atoms with Crippen molar-refractivity contribution in [1.29, 1.82) is 0 Å². The molecular formula is C14H14N2O3. The molecule has 2 N–H and O–H groups in total. The molecule has 0 aliphatic heterocycles. The number of hydrogen-bond donors (Lipinski definition) is 2. The number of ether oxygens (including phenoxy) is 1. The number of H-pyrrole nitrogens is 1. The minimum absolute atomic E-state index is 0.239. The number of carbonyl (C=O) groups is 1. The van der Waals surface area contributed by atoms with E-state index in [9.17, 15) is 9.59 Å². The van der Waals surface area contributed by atoms with Crippen LogP contribution in [-0.2, 0) is 0 Å². The largest absolute Gasteiger partial charge is 0.496 e. The molecule has 0 radical (unpaired) electrons. The molecule has 0 bridgehead atoms. The van der Waals surface area contributed by atoms with Gasteiger partial charge in [0, 0.05) is 18.0 Å². The minimum Gasteiger partial charge on any atom is -0.496 e. The van der Waals surface area contributed by atoms with E-state index in [4.69, 9.17) is 4.74 Å². The zero-order valence-electron chi connectivity index (χ0n) is 10.7. The fraction of sp³-hybridized carbons (Fsp3) is 0.143. The summed E-state index contributed by atoms with van der Waals surface area (Å²) in [5, 5.41) is 2.75. The Morgan fingerprint density at radius 3 is 2.63 bits per heavy atom. The third-order valence-corrected chi connectivity index (χ3v) is 2.70. The lowest BCUT2D eigenvalue weighted by Crippen LogP contribution is -2.14. The van der Waals surface area contributed by atoms with E-state index in [-0.39, 0.29) is 11.5 Å². The van der Waals surface area contributed by atoms with E-state index in [1.54, 1.807) is 19.2 Å². The van der Waals surface area contributed by atoms with Gasteiger partial charge >= 0.3 is 0 Å². The molecule has 1 heterocycles. The number of nitrogens with one attached hydrogen (secondary N) is 2. The number of methoxy groups -OCH3 is 1. The Morgan fingerprint density at radius 2 is 2.05 bits per heavy atom. The number of rotatable bonds is 3. The number of hydrogen-bond acceptors (Lipinski definition) is 3. The molecule has 0 aliphatic rings. The summed E-state index contributed by atoms with van der Waals surface area (Å²) >= 11 is 0. The predicted octanol–water partition coefficient (Wildman–Crippen LogP) is 1.94. The van der Waals surface area contributed by atoms with Crippen LogP contribution >= 0.6 is 0 Å². The minimum atomic E-state index is -0.277. The average molecular weight is 258 g/mol. The Labute approximate surface area is 110 Å². The van der Waals surface area contributed by atoms with Crippen molar-refractivity contribution >= 4 is 11.6 Å². The quantitative estimate of drug-likeness (QED) is 0.883. The maximum atomic E-state index is 11.9. The van der Waals surface area contributed by atoms with Crippen molar-refractivity contribution in [3.63, 3.8) is 0 Å². The lowest BCUT2D eigenvalue weighted by atomic mass is 10.2. The fourth-order valence-corrected chi connectivity index (χ4v) is 1.71. The zero-order chi connectivity index (χ0) is 13.8. The van der Waals surface area contributed by atoms with Gasteiger partial charge in [-0.1, -0.05) is 0 Å². The van der Waals surface area contributed by atoms with Gasteiger partial charge in [-0.25, -0.2) is 0 Å². The first-order valence-electron chi connectivity index (χ1n) is 5.75. The normalized spacial score (nSPS) is 10.0. The van der Waals surface area contributed by atoms with Crippen LogP contribution in [0.15, 0.2) is 41.3 Å². The van der Waals surface area contributed by atoms with Crippen molar-refractivity contribution in [2.45, 2.75) is 6.92 Å². The van der Waals surface area contributed by atoms with Gasteiger partial charge in [-0.05, 0) is 36.8 Å². The molecule has 5 nitrogen and oxygen atoms in total. The lowest BCUT2D eigenvalue weighted by Gasteiger charge is -2.08. The van der Waals surface area contributed by atoms with Crippen molar-refractivity contribution in [3.05, 3.63) is 58.0 Å². The van der Waals surface area contributed by atoms with Crippen LogP contribution in [0.3, 0.4) is 0 Å². The van der Waals surface area contributed by atoms with Gasteiger partial charge in [0.05, 0.1) is 12.7 Å². The summed E-state index contributed by atoms with van der Waals surface area (Å²) in [5.74, 6) is 0.489. The van der Waals surface area contributed by atoms with Crippen molar-refractivity contribution in [2.75, 3.05) is 12.4 Å². The topological polar surface area (TPSA) is 71.2 Å². The van der Waals surface area contributed by atoms with Crippen LogP contribution in [0.1, 0.15) is 15.9 Å². The van der Waals surface area contributed by atoms with E-state index >= 15 is 0 Å². The van der Waals surface area contributed by atoms with E-state index < -0.39 is 0 Å². The number of carbonyl (C=O) groups excluding carboxylic acids is 1. The maximum absolute atomic E-state index is 11.9. The Hall–Kier alpha value is -2.56. The third kappa shape index (κ3) is 3.01. The van der Waals surface area contributed by atoms with Crippen LogP contribution in [-0.4, -0.2) is 18.0 Å². The second kappa shape index (κ2) is 5.39. The van der Waals surface area contributed by atoms with E-state index in [1.165, 1.54) is 18.3 Å². The average Bonchev–Trinajstić information content (AvgIpc) is 2.39. The van der Waals surface area contributed by atoms with Gasteiger partial charge in [0.15, 0.2) is 0 Å². The highest BCUT2D eigenvalue weighted by Crippen LogP contribution is 2.21. The van der Waals surface area contributed by atoms with Gasteiger partial charge < -0.3 is 15.0 Å². The van der Waals surface area contributed by atoms with Gasteiger partial charge in [-0.15, -0.1) is 0 Å². The van der Waals surface area contributed by atoms with Crippen LogP contribution in [0.25, 0.3) is 0 Å². The highest BCUT2D eigenvalue weighted by Gasteiger charge is 2.07. The van der Waals surface area contributed by atoms with Gasteiger partial charge in [-0.2, -0.15) is 0 Å². The number of amides is 1. The lowest BCUT2D eigenvalue weighted by molar-refractivity contribution is 0.102. The molecule has 1 aromatic carbocycles. The molecular weight excluding hydrogens is 244 g/mol. The van der Waals surface area contributed by atoms with Crippen molar-refractivity contribution in [1.82, 2.24) is 4.98 Å². The number of aromatic amines is 1. The molecule has 0 spiro atoms. The van der Waals surface area contributed by atoms with E-state index in [1.807, 2.05) is 13.0 Å². The highest BCUT2D eigenvalue weighted by molar-refractivity contribution is 6.04. The molecule has 2 aromatic rings. The van der Waals surface area contributed by atoms with Gasteiger partial charge in [0.25, 0.3) is 5.91 Å². The number of benzene rings is 1. The molecule has 1 aromatic heterocycles. The van der Waals surface area contributed by atoms with Gasteiger partial charge in [0.1, 0.15) is 5.75 Å². The maximum Gasteiger partial charge on any atom is 0.257 e. The molecule has 2 rings (SSSR count). The molecule has 98 valence electrons. The summed E-state index contributed by atoms with van der Waals surface area (Å²) < 4.78 is 5.15. The number of anilines is 1. The van der Waals surface area contributed by atoms with E-state index in [2.05, 4.69) is 10.3 Å². The fourth-order valence-electron chi connectivity index (χ4n) is 1.71. The van der Waals surface area contributed by atoms with Crippen molar-refractivity contribution in [3.8, 4) is 5.75 Å². The smallest absolute Gasteiger partial charge is 0.257 e. The van der Waals surface area contributed by atoms with Crippen LogP contribution in [0.2, 0.25) is 0 Å². The van der Waals surface area contributed by atoms with Gasteiger partial charge in [-0.3, -0.25) is 9.59 Å². The van der Waals surface area contributed by atoms with E-state index in [0.29, 0.717) is 11.3 Å². The van der Waals surface area contributed by atoms with Crippen LogP contribution in [0, 0.1) is 6.92 Å². The first-order valence-corrected chi connectivity index (χ1v) is 5.75. The second-order valence-corrected chi connectivity index (χ2v) is 4.08. The van der Waals surface area contributed by atoms with Crippen LogP contribution in [0.4, 0.5) is 5.69 Å². The Kier molecular flexibility index (Phi) is 3.66. The van der Waals surface area contributed by atoms with Crippen LogP contribution in [0.5, 0.6) is 5.75 Å². The number of aryl methyl sites for hydroxylation is 1. The summed E-state index contributed by atoms with van der Waals surface area (Å²) in [7, 11) is 1.60. The predicted molar refractivity (Wildman–Crippen MR) is 72.7 cm³/mol.